The van der Waals surface area contributed by atoms with E-state index >= 15 is 0 Å². The SMILES string of the molecule is COc1ccc2nc(/C=C/[C@H]3[C@@H]4CCCC[C@H]4C[C@@H]4[C@H]3[C@@H](C)O[C@H]4O)ccc2c1. The maximum Gasteiger partial charge on any atom is 0.158 e. The van der Waals surface area contributed by atoms with Crippen LogP contribution in [0.2, 0.25) is 0 Å². The van der Waals surface area contributed by atoms with Crippen LogP contribution in [0.15, 0.2) is 36.4 Å². The number of allylic oxidation sites excluding steroid dienone is 1. The first-order valence-electron chi connectivity index (χ1n) is 11.1. The number of rotatable bonds is 3. The predicted octanol–water partition coefficient (Wildman–Crippen LogP) is 5.05. The van der Waals surface area contributed by atoms with E-state index in [-0.39, 0.29) is 12.0 Å². The van der Waals surface area contributed by atoms with Crippen LogP contribution in [0.3, 0.4) is 0 Å². The summed E-state index contributed by atoms with van der Waals surface area (Å²) in [6.45, 7) is 2.14. The zero-order valence-corrected chi connectivity index (χ0v) is 17.3. The lowest BCUT2D eigenvalue weighted by molar-refractivity contribution is -0.108. The van der Waals surface area contributed by atoms with Crippen LogP contribution in [0.1, 0.15) is 44.7 Å². The van der Waals surface area contributed by atoms with Crippen molar-refractivity contribution in [2.45, 2.75) is 51.4 Å². The summed E-state index contributed by atoms with van der Waals surface area (Å²) < 4.78 is 11.2. The number of hydrogen-bond donors (Lipinski definition) is 1. The number of aromatic nitrogens is 1. The molecule has 2 saturated carbocycles. The van der Waals surface area contributed by atoms with Gasteiger partial charge in [0.25, 0.3) is 0 Å². The Morgan fingerprint density at radius 1 is 1.14 bits per heavy atom. The predicted molar refractivity (Wildman–Crippen MR) is 114 cm³/mol. The van der Waals surface area contributed by atoms with Gasteiger partial charge in [0, 0.05) is 11.3 Å². The smallest absolute Gasteiger partial charge is 0.158 e. The number of nitrogens with zero attached hydrogens (tertiary/aromatic N) is 1. The van der Waals surface area contributed by atoms with E-state index in [1.807, 2.05) is 18.2 Å². The first-order valence-corrected chi connectivity index (χ1v) is 11.1. The highest BCUT2D eigenvalue weighted by Gasteiger charge is 2.52. The highest BCUT2D eigenvalue weighted by Crippen LogP contribution is 2.54. The van der Waals surface area contributed by atoms with Crippen LogP contribution in [-0.2, 0) is 4.74 Å². The quantitative estimate of drug-likeness (QED) is 0.793. The number of ether oxygens (including phenoxy) is 2. The molecule has 2 aliphatic carbocycles. The molecular weight excluding hydrogens is 362 g/mol. The van der Waals surface area contributed by atoms with Crippen molar-refractivity contribution in [3.63, 3.8) is 0 Å². The second-order valence-corrected chi connectivity index (χ2v) is 9.15. The third-order valence-corrected chi connectivity index (χ3v) is 7.65. The van der Waals surface area contributed by atoms with E-state index in [1.165, 1.54) is 25.7 Å². The average Bonchev–Trinajstić information content (AvgIpc) is 3.04. The standard InChI is InChI=1S/C25H31NO3/c1-15-24-21(20-6-4-3-5-16(20)14-22(24)25(27)29-15)11-9-18-8-7-17-13-19(28-2)10-12-23(17)26-18/h7-13,15-16,20-22,24-25,27H,3-6,14H2,1-2H3/b11-9+/t15-,16+,20-,21+,22-,24+,25-/m1/s1. The van der Waals surface area contributed by atoms with Gasteiger partial charge in [0.1, 0.15) is 5.75 Å². The molecule has 4 nitrogen and oxygen atoms in total. The van der Waals surface area contributed by atoms with Crippen LogP contribution in [0.25, 0.3) is 17.0 Å². The Bertz CT molecular complexity index is 910. The van der Waals surface area contributed by atoms with Crippen LogP contribution >= 0.6 is 0 Å². The summed E-state index contributed by atoms with van der Waals surface area (Å²) in [6, 6.07) is 10.2. The maximum absolute atomic E-state index is 10.5. The van der Waals surface area contributed by atoms with Gasteiger partial charge in [-0.15, -0.1) is 0 Å². The van der Waals surface area contributed by atoms with Gasteiger partial charge >= 0.3 is 0 Å². The molecule has 0 bridgehead atoms. The maximum atomic E-state index is 10.5. The zero-order valence-electron chi connectivity index (χ0n) is 17.3. The van der Waals surface area contributed by atoms with E-state index in [9.17, 15) is 5.11 Å². The molecule has 1 aliphatic heterocycles. The number of aliphatic hydroxyl groups excluding tert-OH is 1. The van der Waals surface area contributed by atoms with E-state index in [4.69, 9.17) is 14.5 Å². The van der Waals surface area contributed by atoms with Gasteiger partial charge in [-0.2, -0.15) is 0 Å². The summed E-state index contributed by atoms with van der Waals surface area (Å²) in [6.07, 6.45) is 10.5. The van der Waals surface area contributed by atoms with Crippen molar-refractivity contribution >= 4 is 17.0 Å². The van der Waals surface area contributed by atoms with Crippen molar-refractivity contribution in [3.05, 3.63) is 42.1 Å². The summed E-state index contributed by atoms with van der Waals surface area (Å²) >= 11 is 0. The van der Waals surface area contributed by atoms with Crippen LogP contribution in [0, 0.1) is 29.6 Å². The topological polar surface area (TPSA) is 51.6 Å². The summed E-state index contributed by atoms with van der Waals surface area (Å²) in [5.74, 6) is 3.43. The molecule has 2 aromatic rings. The number of benzene rings is 1. The van der Waals surface area contributed by atoms with Crippen LogP contribution < -0.4 is 4.74 Å². The van der Waals surface area contributed by atoms with E-state index in [1.54, 1.807) is 7.11 Å². The third-order valence-electron chi connectivity index (χ3n) is 7.65. The Morgan fingerprint density at radius 3 is 2.86 bits per heavy atom. The molecule has 4 heteroatoms. The van der Waals surface area contributed by atoms with Crippen LogP contribution in [0.5, 0.6) is 5.75 Å². The van der Waals surface area contributed by atoms with Crippen molar-refractivity contribution in [2.24, 2.45) is 29.6 Å². The number of fused-ring (bicyclic) bond motifs is 3. The fourth-order valence-corrected chi connectivity index (χ4v) is 6.31. The van der Waals surface area contributed by atoms with Gasteiger partial charge in [0.15, 0.2) is 6.29 Å². The lowest BCUT2D eigenvalue weighted by atomic mass is 9.57. The Kier molecular flexibility index (Phi) is 5.09. The molecule has 5 rings (SSSR count). The molecule has 0 amide bonds. The molecule has 1 saturated heterocycles. The van der Waals surface area contributed by atoms with Gasteiger partial charge in [-0.25, -0.2) is 4.98 Å². The molecule has 3 aliphatic rings. The lowest BCUT2D eigenvalue weighted by Gasteiger charge is -2.47. The second kappa shape index (κ2) is 7.73. The van der Waals surface area contributed by atoms with E-state index in [2.05, 4.69) is 31.2 Å². The monoisotopic (exact) mass is 393 g/mol. The van der Waals surface area contributed by atoms with Crippen LogP contribution in [-0.4, -0.2) is 29.6 Å². The number of aliphatic hydroxyl groups is 1. The molecule has 7 atom stereocenters. The summed E-state index contributed by atoms with van der Waals surface area (Å²) in [7, 11) is 1.69. The van der Waals surface area contributed by atoms with Gasteiger partial charge < -0.3 is 14.6 Å². The third kappa shape index (κ3) is 3.47. The highest BCUT2D eigenvalue weighted by molar-refractivity contribution is 5.81. The van der Waals surface area contributed by atoms with Crippen molar-refractivity contribution < 1.29 is 14.6 Å². The fourth-order valence-electron chi connectivity index (χ4n) is 6.31. The first-order chi connectivity index (χ1) is 14.1. The molecule has 1 aromatic heterocycles. The van der Waals surface area contributed by atoms with Crippen molar-refractivity contribution in [1.82, 2.24) is 4.98 Å². The Balaban J connectivity index is 1.44. The van der Waals surface area contributed by atoms with Gasteiger partial charge in [-0.05, 0) is 73.8 Å². The molecule has 29 heavy (non-hydrogen) atoms. The van der Waals surface area contributed by atoms with Gasteiger partial charge in [0.2, 0.25) is 0 Å². The summed E-state index contributed by atoms with van der Waals surface area (Å²) in [4.78, 5) is 4.84. The normalized spacial score (nSPS) is 36.9. The molecule has 0 unspecified atom stereocenters. The molecule has 1 aromatic carbocycles. The molecule has 0 spiro atoms. The highest BCUT2D eigenvalue weighted by atomic mass is 16.6. The average molecular weight is 394 g/mol. The second-order valence-electron chi connectivity index (χ2n) is 9.15. The fraction of sp³-hybridized carbons (Fsp3) is 0.560. The molecule has 3 fully saturated rings. The molecule has 1 N–H and O–H groups in total. The summed E-state index contributed by atoms with van der Waals surface area (Å²) in [5, 5.41) is 11.6. The number of pyridine rings is 1. The minimum atomic E-state index is -0.595. The first kappa shape index (κ1) is 19.1. The molecular formula is C25H31NO3. The minimum absolute atomic E-state index is 0.115. The number of methoxy groups -OCH3 is 1. The van der Waals surface area contributed by atoms with Gasteiger partial charge in [0.05, 0.1) is 24.4 Å². The van der Waals surface area contributed by atoms with Crippen molar-refractivity contribution in [1.29, 1.82) is 0 Å². The molecule has 0 radical (unpaired) electrons. The number of hydrogen-bond acceptors (Lipinski definition) is 4. The van der Waals surface area contributed by atoms with Gasteiger partial charge in [-0.3, -0.25) is 0 Å². The van der Waals surface area contributed by atoms with E-state index < -0.39 is 6.29 Å². The van der Waals surface area contributed by atoms with Gasteiger partial charge in [-0.1, -0.05) is 31.4 Å². The van der Waals surface area contributed by atoms with Crippen LogP contribution in [0.4, 0.5) is 0 Å². The Labute approximate surface area is 172 Å². The Morgan fingerprint density at radius 2 is 2.00 bits per heavy atom. The van der Waals surface area contributed by atoms with E-state index in [0.29, 0.717) is 17.8 Å². The lowest BCUT2D eigenvalue weighted by Crippen LogP contribution is -2.43. The molecule has 2 heterocycles. The van der Waals surface area contributed by atoms with E-state index in [0.717, 1.165) is 34.7 Å². The minimum Gasteiger partial charge on any atom is -0.497 e. The zero-order chi connectivity index (χ0) is 20.0. The largest absolute Gasteiger partial charge is 0.497 e. The summed E-state index contributed by atoms with van der Waals surface area (Å²) in [5.41, 5.74) is 1.97. The van der Waals surface area contributed by atoms with Crippen molar-refractivity contribution in [3.8, 4) is 5.75 Å². The molecule has 154 valence electrons. The van der Waals surface area contributed by atoms with Crippen molar-refractivity contribution in [2.75, 3.05) is 7.11 Å². The Hall–Kier alpha value is -1.91.